The molecular formula is C23H22N4O2. The van der Waals surface area contributed by atoms with Gasteiger partial charge < -0.3 is 4.90 Å². The van der Waals surface area contributed by atoms with E-state index in [1.807, 2.05) is 47.4 Å². The molecule has 1 aliphatic heterocycles. The summed E-state index contributed by atoms with van der Waals surface area (Å²) in [7, 11) is 0. The van der Waals surface area contributed by atoms with Gasteiger partial charge in [0.15, 0.2) is 0 Å². The molecule has 1 aliphatic carbocycles. The number of carbonyl (C=O) groups excluding carboxylic acids is 1. The lowest BCUT2D eigenvalue weighted by Crippen LogP contribution is -2.43. The van der Waals surface area contributed by atoms with Gasteiger partial charge in [-0.1, -0.05) is 36.4 Å². The van der Waals surface area contributed by atoms with Crippen molar-refractivity contribution in [3.63, 3.8) is 0 Å². The van der Waals surface area contributed by atoms with E-state index in [4.69, 9.17) is 0 Å². The molecule has 0 bridgehead atoms. The normalized spacial score (nSPS) is 16.9. The van der Waals surface area contributed by atoms with Crippen molar-refractivity contribution >= 4 is 5.91 Å². The van der Waals surface area contributed by atoms with Gasteiger partial charge in [-0.15, -0.1) is 0 Å². The Balaban J connectivity index is 1.37. The molecular weight excluding hydrogens is 364 g/mol. The summed E-state index contributed by atoms with van der Waals surface area (Å²) in [6.45, 7) is 1.50. The van der Waals surface area contributed by atoms with Crippen molar-refractivity contribution < 1.29 is 4.79 Å². The van der Waals surface area contributed by atoms with Crippen LogP contribution in [0.15, 0.2) is 65.7 Å². The number of pyridine rings is 1. The van der Waals surface area contributed by atoms with Crippen LogP contribution in [-0.2, 0) is 29.7 Å². The minimum absolute atomic E-state index is 0.147. The van der Waals surface area contributed by atoms with Gasteiger partial charge in [-0.05, 0) is 30.0 Å². The zero-order chi connectivity index (χ0) is 19.8. The summed E-state index contributed by atoms with van der Waals surface area (Å²) in [4.78, 5) is 31.9. The third-order valence-corrected chi connectivity index (χ3v) is 5.97. The van der Waals surface area contributed by atoms with Crippen LogP contribution in [0, 0.1) is 0 Å². The van der Waals surface area contributed by atoms with Crippen LogP contribution in [-0.4, -0.2) is 32.1 Å². The first kappa shape index (κ1) is 17.8. The zero-order valence-corrected chi connectivity index (χ0v) is 16.1. The van der Waals surface area contributed by atoms with Crippen LogP contribution in [0.1, 0.15) is 35.2 Å². The summed E-state index contributed by atoms with van der Waals surface area (Å²) in [6.07, 6.45) is 5.90. The van der Waals surface area contributed by atoms with Crippen LogP contribution in [0.5, 0.6) is 0 Å². The maximum atomic E-state index is 13.3. The zero-order valence-electron chi connectivity index (χ0n) is 16.1. The van der Waals surface area contributed by atoms with Gasteiger partial charge in [0.25, 0.3) is 5.56 Å². The van der Waals surface area contributed by atoms with E-state index in [1.165, 1.54) is 4.68 Å². The molecule has 1 saturated carbocycles. The smallest absolute Gasteiger partial charge is 0.267 e. The Morgan fingerprint density at radius 3 is 2.66 bits per heavy atom. The average molecular weight is 386 g/mol. The lowest BCUT2D eigenvalue weighted by atomic mass is 9.93. The fourth-order valence-electron chi connectivity index (χ4n) is 4.20. The fourth-order valence-corrected chi connectivity index (χ4v) is 4.20. The summed E-state index contributed by atoms with van der Waals surface area (Å²) in [6, 6.07) is 15.5. The van der Waals surface area contributed by atoms with Crippen molar-refractivity contribution in [1.82, 2.24) is 19.7 Å². The first-order valence-corrected chi connectivity index (χ1v) is 9.99. The van der Waals surface area contributed by atoms with Gasteiger partial charge in [0.05, 0.1) is 17.7 Å². The lowest BCUT2D eigenvalue weighted by molar-refractivity contribution is -0.135. The number of hydrogen-bond acceptors (Lipinski definition) is 4. The maximum Gasteiger partial charge on any atom is 0.267 e. The molecule has 2 aromatic heterocycles. The number of fused-ring (bicyclic) bond motifs is 1. The quantitative estimate of drug-likeness (QED) is 0.690. The van der Waals surface area contributed by atoms with E-state index in [0.29, 0.717) is 26.1 Å². The van der Waals surface area contributed by atoms with Crippen LogP contribution >= 0.6 is 0 Å². The highest BCUT2D eigenvalue weighted by Gasteiger charge is 2.53. The van der Waals surface area contributed by atoms with E-state index in [1.54, 1.807) is 18.5 Å². The molecule has 0 spiro atoms. The molecule has 2 aliphatic rings. The van der Waals surface area contributed by atoms with Crippen LogP contribution < -0.4 is 5.56 Å². The van der Waals surface area contributed by atoms with Crippen molar-refractivity contribution in [3.05, 3.63) is 93.7 Å². The molecule has 0 unspecified atom stereocenters. The predicted molar refractivity (Wildman–Crippen MR) is 108 cm³/mol. The number of rotatable bonds is 4. The van der Waals surface area contributed by atoms with Gasteiger partial charge in [-0.2, -0.15) is 5.10 Å². The molecule has 1 aromatic carbocycles. The number of benzene rings is 1. The van der Waals surface area contributed by atoms with Crippen molar-refractivity contribution in [2.45, 2.75) is 37.8 Å². The minimum atomic E-state index is -0.374. The number of aromatic nitrogens is 3. The number of carbonyl (C=O) groups is 1. The molecule has 1 fully saturated rings. The molecule has 6 heteroatoms. The molecule has 146 valence electrons. The lowest BCUT2D eigenvalue weighted by Gasteiger charge is -2.31. The van der Waals surface area contributed by atoms with Crippen molar-refractivity contribution in [1.29, 1.82) is 0 Å². The van der Waals surface area contributed by atoms with E-state index in [2.05, 4.69) is 10.1 Å². The van der Waals surface area contributed by atoms with Gasteiger partial charge in [-0.3, -0.25) is 14.6 Å². The van der Waals surface area contributed by atoms with Crippen molar-refractivity contribution in [2.24, 2.45) is 0 Å². The van der Waals surface area contributed by atoms with Gasteiger partial charge in [0, 0.05) is 43.5 Å². The highest BCUT2D eigenvalue weighted by molar-refractivity contribution is 5.91. The second-order valence-electron chi connectivity index (χ2n) is 7.90. The van der Waals surface area contributed by atoms with Crippen LogP contribution in [0.2, 0.25) is 0 Å². The van der Waals surface area contributed by atoms with E-state index >= 15 is 0 Å². The molecule has 0 saturated heterocycles. The summed E-state index contributed by atoms with van der Waals surface area (Å²) < 4.78 is 1.49. The Hall–Kier alpha value is -3.28. The number of amides is 1. The topological polar surface area (TPSA) is 68.1 Å². The average Bonchev–Trinajstić information content (AvgIpc) is 3.57. The largest absolute Gasteiger partial charge is 0.337 e. The Morgan fingerprint density at radius 1 is 1.10 bits per heavy atom. The van der Waals surface area contributed by atoms with Gasteiger partial charge in [0.1, 0.15) is 0 Å². The summed E-state index contributed by atoms with van der Waals surface area (Å²) in [5, 5.41) is 4.58. The summed E-state index contributed by atoms with van der Waals surface area (Å²) in [5.41, 5.74) is 3.28. The highest BCUT2D eigenvalue weighted by atomic mass is 16.2. The second-order valence-corrected chi connectivity index (χ2v) is 7.90. The Labute approximate surface area is 168 Å². The molecule has 0 atom stereocenters. The fraction of sp³-hybridized carbons (Fsp3) is 0.304. The van der Waals surface area contributed by atoms with E-state index in [0.717, 1.165) is 35.2 Å². The Bertz CT molecular complexity index is 1100. The van der Waals surface area contributed by atoms with E-state index in [9.17, 15) is 9.59 Å². The monoisotopic (exact) mass is 386 g/mol. The molecule has 5 rings (SSSR count). The SMILES string of the molecule is O=C(N1CCc2nn(Cc3cccnc3)c(=O)cc2C1)C1(c2ccccc2)CC1. The predicted octanol–water partition coefficient (Wildman–Crippen LogP) is 2.30. The Kier molecular flexibility index (Phi) is 4.27. The molecule has 3 aromatic rings. The standard InChI is InChI=1S/C23H22N4O2/c28-21-13-18-16-26(22(29)23(9-10-23)19-6-2-1-3-7-19)12-8-20(18)25-27(21)15-17-5-4-11-24-14-17/h1-7,11,13-14H,8-10,12,15-16H2. The van der Waals surface area contributed by atoms with Crippen LogP contribution in [0.25, 0.3) is 0 Å². The molecule has 1 amide bonds. The first-order chi connectivity index (χ1) is 14.2. The van der Waals surface area contributed by atoms with E-state index in [-0.39, 0.29) is 16.9 Å². The molecule has 0 radical (unpaired) electrons. The van der Waals surface area contributed by atoms with Gasteiger partial charge in [-0.25, -0.2) is 4.68 Å². The Morgan fingerprint density at radius 2 is 1.93 bits per heavy atom. The molecule has 3 heterocycles. The number of nitrogens with zero attached hydrogens (tertiary/aromatic N) is 4. The van der Waals surface area contributed by atoms with Crippen LogP contribution in [0.3, 0.4) is 0 Å². The molecule has 0 N–H and O–H groups in total. The third kappa shape index (κ3) is 3.24. The minimum Gasteiger partial charge on any atom is -0.337 e. The summed E-state index contributed by atoms with van der Waals surface area (Å²) in [5.74, 6) is 0.175. The third-order valence-electron chi connectivity index (χ3n) is 5.97. The molecule has 6 nitrogen and oxygen atoms in total. The highest BCUT2D eigenvalue weighted by Crippen LogP contribution is 2.49. The first-order valence-electron chi connectivity index (χ1n) is 9.99. The van der Waals surface area contributed by atoms with Crippen molar-refractivity contribution in [2.75, 3.05) is 6.54 Å². The maximum absolute atomic E-state index is 13.3. The van der Waals surface area contributed by atoms with Gasteiger partial charge >= 0.3 is 0 Å². The number of hydrogen-bond donors (Lipinski definition) is 0. The van der Waals surface area contributed by atoms with Gasteiger partial charge in [0.2, 0.25) is 5.91 Å². The van der Waals surface area contributed by atoms with Crippen molar-refractivity contribution in [3.8, 4) is 0 Å². The second kappa shape index (κ2) is 6.95. The van der Waals surface area contributed by atoms with Crippen LogP contribution in [0.4, 0.5) is 0 Å². The van der Waals surface area contributed by atoms with E-state index < -0.39 is 0 Å². The molecule has 29 heavy (non-hydrogen) atoms. The summed E-state index contributed by atoms with van der Waals surface area (Å²) >= 11 is 0.